The van der Waals surface area contributed by atoms with Gasteiger partial charge in [-0.3, -0.25) is 0 Å². The normalized spacial score (nSPS) is 13.0. The molecular weight excluding hydrogens is 301 g/mol. The summed E-state index contributed by atoms with van der Waals surface area (Å²) in [4.78, 5) is 2.33. The number of halogens is 2. The maximum atomic E-state index is 13.2. The minimum Gasteiger partial charge on any atom is -0.308 e. The highest BCUT2D eigenvalue weighted by Gasteiger charge is 2.17. The topological polar surface area (TPSA) is 12.0 Å². The zero-order valence-electron chi connectivity index (χ0n) is 10.1. The fraction of sp³-hybridized carbons (Fsp3) is 0.143. The van der Waals surface area contributed by atoms with Crippen LogP contribution in [0.1, 0.15) is 15.8 Å². The summed E-state index contributed by atoms with van der Waals surface area (Å²) in [6, 6.07) is 11.0. The third-order valence-electron chi connectivity index (χ3n) is 2.95. The second-order valence-electron chi connectivity index (χ2n) is 4.19. The molecule has 2 aromatic heterocycles. The van der Waals surface area contributed by atoms with Crippen molar-refractivity contribution in [2.24, 2.45) is 0 Å². The molecule has 0 bridgehead atoms. The molecule has 0 amide bonds. The van der Waals surface area contributed by atoms with Crippen LogP contribution in [0.4, 0.5) is 4.39 Å². The van der Waals surface area contributed by atoms with Gasteiger partial charge < -0.3 is 5.32 Å². The molecule has 98 valence electrons. The van der Waals surface area contributed by atoms with Crippen molar-refractivity contribution in [3.05, 3.63) is 56.3 Å². The number of rotatable bonds is 3. The van der Waals surface area contributed by atoms with Gasteiger partial charge in [-0.2, -0.15) is 0 Å². The minimum absolute atomic E-state index is 0.109. The van der Waals surface area contributed by atoms with E-state index < -0.39 is 0 Å². The number of nitrogens with one attached hydrogen (secondary N) is 1. The van der Waals surface area contributed by atoms with Crippen molar-refractivity contribution in [3.63, 3.8) is 0 Å². The Balaban J connectivity index is 2.06. The first-order chi connectivity index (χ1) is 9.17. The SMILES string of the molecule is CNC(c1ccc(Cl)s1)c1cc2cc(F)ccc2s1. The van der Waals surface area contributed by atoms with Crippen LogP contribution in [0.2, 0.25) is 4.34 Å². The summed E-state index contributed by atoms with van der Waals surface area (Å²) >= 11 is 9.23. The van der Waals surface area contributed by atoms with E-state index in [4.69, 9.17) is 11.6 Å². The first kappa shape index (κ1) is 13.1. The fourth-order valence-corrected chi connectivity index (χ4v) is 4.52. The van der Waals surface area contributed by atoms with Gasteiger partial charge in [0.2, 0.25) is 0 Å². The van der Waals surface area contributed by atoms with E-state index in [1.54, 1.807) is 28.7 Å². The van der Waals surface area contributed by atoms with Crippen LogP contribution in [-0.4, -0.2) is 7.05 Å². The van der Waals surface area contributed by atoms with E-state index in [9.17, 15) is 4.39 Å². The van der Waals surface area contributed by atoms with Gasteiger partial charge in [0.05, 0.1) is 10.4 Å². The molecule has 1 unspecified atom stereocenters. The highest BCUT2D eigenvalue weighted by Crippen LogP contribution is 2.36. The number of thiophene rings is 2. The quantitative estimate of drug-likeness (QED) is 0.712. The van der Waals surface area contributed by atoms with Crippen LogP contribution in [-0.2, 0) is 0 Å². The van der Waals surface area contributed by atoms with Gasteiger partial charge >= 0.3 is 0 Å². The van der Waals surface area contributed by atoms with Gasteiger partial charge in [-0.05, 0) is 48.8 Å². The third kappa shape index (κ3) is 2.54. The average Bonchev–Trinajstić information content (AvgIpc) is 2.96. The van der Waals surface area contributed by atoms with E-state index in [2.05, 4.69) is 5.32 Å². The molecular formula is C14H11ClFNS2. The second kappa shape index (κ2) is 5.21. The highest BCUT2D eigenvalue weighted by molar-refractivity contribution is 7.19. The summed E-state index contributed by atoms with van der Waals surface area (Å²) in [6.45, 7) is 0. The smallest absolute Gasteiger partial charge is 0.123 e. The molecule has 1 N–H and O–H groups in total. The lowest BCUT2D eigenvalue weighted by atomic mass is 10.1. The lowest BCUT2D eigenvalue weighted by Crippen LogP contribution is -2.14. The Morgan fingerprint density at radius 1 is 1.11 bits per heavy atom. The Kier molecular flexibility index (Phi) is 3.58. The van der Waals surface area contributed by atoms with Gasteiger partial charge in [0.25, 0.3) is 0 Å². The number of fused-ring (bicyclic) bond motifs is 1. The Labute approximate surface area is 123 Å². The maximum absolute atomic E-state index is 13.2. The van der Waals surface area contributed by atoms with Crippen molar-refractivity contribution >= 4 is 44.4 Å². The Morgan fingerprint density at radius 2 is 1.95 bits per heavy atom. The highest BCUT2D eigenvalue weighted by atomic mass is 35.5. The van der Waals surface area contributed by atoms with Gasteiger partial charge in [0, 0.05) is 14.5 Å². The van der Waals surface area contributed by atoms with Gasteiger partial charge in [0.1, 0.15) is 5.82 Å². The van der Waals surface area contributed by atoms with E-state index in [1.165, 1.54) is 15.8 Å². The van der Waals surface area contributed by atoms with Crippen molar-refractivity contribution < 1.29 is 4.39 Å². The summed E-state index contributed by atoms with van der Waals surface area (Å²) in [7, 11) is 1.92. The monoisotopic (exact) mass is 311 g/mol. The maximum Gasteiger partial charge on any atom is 0.123 e. The largest absolute Gasteiger partial charge is 0.308 e. The molecule has 2 heterocycles. The predicted molar refractivity (Wildman–Crippen MR) is 82.0 cm³/mol. The fourth-order valence-electron chi connectivity index (χ4n) is 2.09. The van der Waals surface area contributed by atoms with E-state index in [-0.39, 0.29) is 11.9 Å². The minimum atomic E-state index is -0.197. The standard InChI is InChI=1S/C14H11ClFNS2/c1-17-14(11-4-5-13(15)19-11)12-7-8-6-9(16)2-3-10(8)18-12/h2-7,14,17H,1H3. The van der Waals surface area contributed by atoms with Crippen LogP contribution in [0.25, 0.3) is 10.1 Å². The molecule has 0 spiro atoms. The summed E-state index contributed by atoms with van der Waals surface area (Å²) in [5.74, 6) is -0.197. The zero-order chi connectivity index (χ0) is 13.4. The zero-order valence-corrected chi connectivity index (χ0v) is 12.5. The van der Waals surface area contributed by atoms with Crippen LogP contribution in [0.15, 0.2) is 36.4 Å². The van der Waals surface area contributed by atoms with E-state index in [0.29, 0.717) is 0 Å². The summed E-state index contributed by atoms with van der Waals surface area (Å²) in [5.41, 5.74) is 0. The van der Waals surface area contributed by atoms with Crippen LogP contribution in [0.3, 0.4) is 0 Å². The van der Waals surface area contributed by atoms with Crippen molar-refractivity contribution in [1.82, 2.24) is 5.32 Å². The summed E-state index contributed by atoms with van der Waals surface area (Å²) < 4.78 is 15.1. The molecule has 1 atom stereocenters. The van der Waals surface area contributed by atoms with Crippen LogP contribution < -0.4 is 5.32 Å². The summed E-state index contributed by atoms with van der Waals surface area (Å²) in [6.07, 6.45) is 0. The lowest BCUT2D eigenvalue weighted by Gasteiger charge is -2.11. The molecule has 1 aromatic carbocycles. The average molecular weight is 312 g/mol. The van der Waals surface area contributed by atoms with Gasteiger partial charge in [-0.15, -0.1) is 22.7 Å². The number of hydrogen-bond acceptors (Lipinski definition) is 3. The molecule has 0 aliphatic rings. The molecule has 0 fully saturated rings. The van der Waals surface area contributed by atoms with Crippen molar-refractivity contribution in [1.29, 1.82) is 0 Å². The van der Waals surface area contributed by atoms with E-state index in [1.807, 2.05) is 31.3 Å². The molecule has 0 saturated heterocycles. The second-order valence-corrected chi connectivity index (χ2v) is 7.06. The molecule has 3 aromatic rings. The predicted octanol–water partition coefficient (Wildman–Crippen LogP) is 5.06. The van der Waals surface area contributed by atoms with Gasteiger partial charge in [0.15, 0.2) is 0 Å². The van der Waals surface area contributed by atoms with Crippen LogP contribution >= 0.6 is 34.3 Å². The Morgan fingerprint density at radius 3 is 2.63 bits per heavy atom. The Hall–Kier alpha value is -0.940. The molecule has 0 aliphatic carbocycles. The van der Waals surface area contributed by atoms with E-state index in [0.717, 1.165) is 14.4 Å². The lowest BCUT2D eigenvalue weighted by molar-refractivity contribution is 0.630. The van der Waals surface area contributed by atoms with Gasteiger partial charge in [-0.1, -0.05) is 11.6 Å². The first-order valence-electron chi connectivity index (χ1n) is 5.79. The number of benzene rings is 1. The molecule has 0 saturated carbocycles. The first-order valence-corrected chi connectivity index (χ1v) is 7.80. The third-order valence-corrected chi connectivity index (χ3v) is 5.43. The molecule has 3 rings (SSSR count). The molecule has 5 heteroatoms. The van der Waals surface area contributed by atoms with Crippen molar-refractivity contribution in [2.45, 2.75) is 6.04 Å². The van der Waals surface area contributed by atoms with Crippen molar-refractivity contribution in [3.8, 4) is 0 Å². The molecule has 0 aliphatic heterocycles. The van der Waals surface area contributed by atoms with Crippen LogP contribution in [0.5, 0.6) is 0 Å². The molecule has 0 radical (unpaired) electrons. The Bertz CT molecular complexity index is 719. The molecule has 1 nitrogen and oxygen atoms in total. The van der Waals surface area contributed by atoms with Crippen molar-refractivity contribution in [2.75, 3.05) is 7.05 Å². The van der Waals surface area contributed by atoms with Crippen LogP contribution in [0, 0.1) is 5.82 Å². The number of hydrogen-bond donors (Lipinski definition) is 1. The van der Waals surface area contributed by atoms with E-state index >= 15 is 0 Å². The van der Waals surface area contributed by atoms with Gasteiger partial charge in [-0.25, -0.2) is 4.39 Å². The summed E-state index contributed by atoms with van der Waals surface area (Å²) in [5, 5.41) is 4.24. The molecule has 19 heavy (non-hydrogen) atoms.